The van der Waals surface area contributed by atoms with E-state index in [2.05, 4.69) is 20.5 Å². The molecule has 0 spiro atoms. The molecule has 6 heteroatoms. The van der Waals surface area contributed by atoms with Crippen molar-refractivity contribution in [2.75, 3.05) is 5.32 Å². The lowest BCUT2D eigenvalue weighted by Crippen LogP contribution is -2.14. The van der Waals surface area contributed by atoms with E-state index in [1.54, 1.807) is 18.2 Å². The summed E-state index contributed by atoms with van der Waals surface area (Å²) in [5, 5.41) is 10.2. The molecule has 1 fully saturated rings. The molecule has 0 atom stereocenters. The normalized spacial score (nSPS) is 14.4. The third-order valence-corrected chi connectivity index (χ3v) is 3.34. The highest BCUT2D eigenvalue weighted by Crippen LogP contribution is 2.37. The number of H-pyrrole nitrogens is 1. The Bertz CT molecular complexity index is 633. The van der Waals surface area contributed by atoms with Gasteiger partial charge in [-0.2, -0.15) is 0 Å². The van der Waals surface area contributed by atoms with Gasteiger partial charge >= 0.3 is 0 Å². The van der Waals surface area contributed by atoms with Crippen LogP contribution in [0.2, 0.25) is 5.02 Å². The number of amides is 1. The second-order valence-electron chi connectivity index (χ2n) is 4.73. The number of aromatic nitrogens is 3. The van der Waals surface area contributed by atoms with E-state index in [1.165, 1.54) is 0 Å². The van der Waals surface area contributed by atoms with Crippen LogP contribution in [0.15, 0.2) is 18.2 Å². The molecule has 2 N–H and O–H groups in total. The van der Waals surface area contributed by atoms with Crippen molar-refractivity contribution in [2.24, 2.45) is 0 Å². The van der Waals surface area contributed by atoms with Gasteiger partial charge in [-0.15, -0.1) is 5.10 Å². The molecule has 5 nitrogen and oxygen atoms in total. The second-order valence-corrected chi connectivity index (χ2v) is 5.17. The summed E-state index contributed by atoms with van der Waals surface area (Å²) < 4.78 is 0. The number of rotatable bonds is 3. The predicted octanol–water partition coefficient (Wildman–Crippen LogP) is 2.90. The summed E-state index contributed by atoms with van der Waals surface area (Å²) in [6.07, 6.45) is 2.24. The maximum absolute atomic E-state index is 12.0. The lowest BCUT2D eigenvalue weighted by molar-refractivity contribution is 0.101. The number of nitrogens with zero attached hydrogens (tertiary/aromatic N) is 2. The number of halogens is 1. The van der Waals surface area contributed by atoms with Crippen LogP contribution >= 0.6 is 11.6 Å². The maximum atomic E-state index is 12.0. The zero-order chi connectivity index (χ0) is 13.4. The van der Waals surface area contributed by atoms with E-state index < -0.39 is 0 Å². The Hall–Kier alpha value is -1.88. The molecule has 1 amide bonds. The highest BCUT2D eigenvalue weighted by molar-refractivity contribution is 6.30. The summed E-state index contributed by atoms with van der Waals surface area (Å²) >= 11 is 5.87. The van der Waals surface area contributed by atoms with Crippen molar-refractivity contribution < 1.29 is 4.79 Å². The highest BCUT2D eigenvalue weighted by atomic mass is 35.5. The minimum Gasteiger partial charge on any atom is -0.319 e. The minimum atomic E-state index is -0.312. The molecule has 98 valence electrons. The first-order valence-electron chi connectivity index (χ1n) is 6.13. The van der Waals surface area contributed by atoms with Crippen molar-refractivity contribution in [1.29, 1.82) is 0 Å². The number of aryl methyl sites for hydroxylation is 1. The van der Waals surface area contributed by atoms with Crippen LogP contribution < -0.4 is 5.32 Å². The smallest absolute Gasteiger partial charge is 0.295 e. The lowest BCUT2D eigenvalue weighted by atomic mass is 10.2. The fraction of sp³-hybridized carbons (Fsp3) is 0.308. The van der Waals surface area contributed by atoms with E-state index in [-0.39, 0.29) is 11.7 Å². The third-order valence-electron chi connectivity index (χ3n) is 3.11. The van der Waals surface area contributed by atoms with Gasteiger partial charge < -0.3 is 5.32 Å². The quantitative estimate of drug-likeness (QED) is 0.905. The molecule has 19 heavy (non-hydrogen) atoms. The monoisotopic (exact) mass is 276 g/mol. The molecule has 0 aliphatic heterocycles. The van der Waals surface area contributed by atoms with E-state index >= 15 is 0 Å². The number of nitrogens with one attached hydrogen (secondary N) is 2. The fourth-order valence-electron chi connectivity index (χ4n) is 1.86. The van der Waals surface area contributed by atoms with Gasteiger partial charge in [-0.25, -0.2) is 4.98 Å². The molecule has 1 aromatic heterocycles. The third kappa shape index (κ3) is 2.61. The van der Waals surface area contributed by atoms with Crippen molar-refractivity contribution in [1.82, 2.24) is 15.2 Å². The van der Waals surface area contributed by atoms with Crippen molar-refractivity contribution in [2.45, 2.75) is 25.7 Å². The number of anilines is 1. The molecule has 1 heterocycles. The number of carbonyl (C=O) groups excluding carboxylic acids is 1. The zero-order valence-electron chi connectivity index (χ0n) is 10.4. The van der Waals surface area contributed by atoms with Crippen LogP contribution in [0.25, 0.3) is 0 Å². The van der Waals surface area contributed by atoms with Gasteiger partial charge in [-0.05, 0) is 43.5 Å². The first-order valence-corrected chi connectivity index (χ1v) is 6.51. The van der Waals surface area contributed by atoms with Crippen molar-refractivity contribution >= 4 is 23.2 Å². The van der Waals surface area contributed by atoms with Crippen LogP contribution in [0.1, 0.15) is 40.8 Å². The van der Waals surface area contributed by atoms with Gasteiger partial charge in [-0.1, -0.05) is 11.6 Å². The van der Waals surface area contributed by atoms with E-state index in [4.69, 9.17) is 11.6 Å². The average molecular weight is 277 g/mol. The van der Waals surface area contributed by atoms with Crippen molar-refractivity contribution in [3.05, 3.63) is 40.4 Å². The highest BCUT2D eigenvalue weighted by Gasteiger charge is 2.28. The maximum Gasteiger partial charge on any atom is 0.295 e. The lowest BCUT2D eigenvalue weighted by Gasteiger charge is -2.06. The largest absolute Gasteiger partial charge is 0.319 e. The number of hydrogen-bond acceptors (Lipinski definition) is 3. The summed E-state index contributed by atoms with van der Waals surface area (Å²) in [4.78, 5) is 16.2. The number of carbonyl (C=O) groups is 1. The summed E-state index contributed by atoms with van der Waals surface area (Å²) in [5.74, 6) is 1.12. The van der Waals surface area contributed by atoms with E-state index in [0.717, 1.165) is 24.2 Å². The van der Waals surface area contributed by atoms with Gasteiger partial charge in [0.15, 0.2) is 0 Å². The zero-order valence-corrected chi connectivity index (χ0v) is 11.2. The van der Waals surface area contributed by atoms with E-state index in [0.29, 0.717) is 16.6 Å². The van der Waals surface area contributed by atoms with Gasteiger partial charge in [0.05, 0.1) is 0 Å². The van der Waals surface area contributed by atoms with E-state index in [1.807, 2.05) is 6.92 Å². The number of hydrogen-bond donors (Lipinski definition) is 2. The fourth-order valence-corrected chi connectivity index (χ4v) is 2.09. The van der Waals surface area contributed by atoms with Crippen molar-refractivity contribution in [3.63, 3.8) is 0 Å². The van der Waals surface area contributed by atoms with Gasteiger partial charge in [0.2, 0.25) is 5.82 Å². The topological polar surface area (TPSA) is 70.7 Å². The Labute approximate surface area is 115 Å². The van der Waals surface area contributed by atoms with Crippen LogP contribution in [0, 0.1) is 6.92 Å². The first-order chi connectivity index (χ1) is 9.13. The van der Waals surface area contributed by atoms with Gasteiger partial charge in [0.25, 0.3) is 5.91 Å². The molecule has 0 bridgehead atoms. The molecule has 0 unspecified atom stereocenters. The Morgan fingerprint density at radius 3 is 2.95 bits per heavy atom. The summed E-state index contributed by atoms with van der Waals surface area (Å²) in [6, 6.07) is 5.30. The molecule has 1 saturated carbocycles. The molecule has 1 aromatic carbocycles. The molecule has 1 aliphatic rings. The number of benzene rings is 1. The molecule has 2 aromatic rings. The Kier molecular flexibility index (Phi) is 2.98. The van der Waals surface area contributed by atoms with Crippen LogP contribution in [0.3, 0.4) is 0 Å². The molecular formula is C13H13ClN4O. The molecule has 0 radical (unpaired) electrons. The van der Waals surface area contributed by atoms with Crippen LogP contribution in [-0.4, -0.2) is 21.1 Å². The van der Waals surface area contributed by atoms with E-state index in [9.17, 15) is 4.79 Å². The SMILES string of the molecule is Cc1cc(Cl)ccc1NC(=O)c1n[nH]c(C2CC2)n1. The molecular weight excluding hydrogens is 264 g/mol. The predicted molar refractivity (Wildman–Crippen MR) is 72.5 cm³/mol. The summed E-state index contributed by atoms with van der Waals surface area (Å²) in [6.45, 7) is 1.88. The Morgan fingerprint density at radius 1 is 1.47 bits per heavy atom. The van der Waals surface area contributed by atoms with Crippen LogP contribution in [0.4, 0.5) is 5.69 Å². The van der Waals surface area contributed by atoms with Crippen LogP contribution in [0.5, 0.6) is 0 Å². The standard InChI is InChI=1S/C13H13ClN4O/c1-7-6-9(14)4-5-10(7)15-13(19)12-16-11(17-18-12)8-2-3-8/h4-6,8H,2-3H2,1H3,(H,15,19)(H,16,17,18). The van der Waals surface area contributed by atoms with Gasteiger partial charge in [0, 0.05) is 16.6 Å². The average Bonchev–Trinajstić information content (AvgIpc) is 3.10. The first kappa shape index (κ1) is 12.2. The number of aromatic amines is 1. The van der Waals surface area contributed by atoms with Crippen LogP contribution in [-0.2, 0) is 0 Å². The summed E-state index contributed by atoms with van der Waals surface area (Å²) in [7, 11) is 0. The molecule has 1 aliphatic carbocycles. The Balaban J connectivity index is 1.76. The Morgan fingerprint density at radius 2 is 2.26 bits per heavy atom. The van der Waals surface area contributed by atoms with Crippen molar-refractivity contribution in [3.8, 4) is 0 Å². The second kappa shape index (κ2) is 4.66. The van der Waals surface area contributed by atoms with Gasteiger partial charge in [0.1, 0.15) is 5.82 Å². The molecule has 3 rings (SSSR count). The summed E-state index contributed by atoms with van der Waals surface area (Å²) in [5.41, 5.74) is 1.62. The minimum absolute atomic E-state index is 0.177. The van der Waals surface area contributed by atoms with Gasteiger partial charge in [-0.3, -0.25) is 9.89 Å². The molecule has 0 saturated heterocycles.